The van der Waals surface area contributed by atoms with Crippen LogP contribution in [0.3, 0.4) is 0 Å². The number of amides is 1. The molecule has 0 fully saturated rings. The predicted molar refractivity (Wildman–Crippen MR) is 123 cm³/mol. The molecule has 0 radical (unpaired) electrons. The molecule has 5 rings (SSSR count). The molecule has 0 spiro atoms. The number of thiophene rings is 1. The van der Waals surface area contributed by atoms with Gasteiger partial charge in [-0.3, -0.25) is 9.36 Å². The van der Waals surface area contributed by atoms with Crippen LogP contribution in [0.5, 0.6) is 0 Å². The number of furan rings is 1. The van der Waals surface area contributed by atoms with Crippen molar-refractivity contribution in [3.63, 3.8) is 0 Å². The van der Waals surface area contributed by atoms with E-state index in [2.05, 4.69) is 15.2 Å². The van der Waals surface area contributed by atoms with Gasteiger partial charge in [0, 0.05) is 17.7 Å². The van der Waals surface area contributed by atoms with Gasteiger partial charge in [-0.15, -0.1) is 21.5 Å². The summed E-state index contributed by atoms with van der Waals surface area (Å²) in [7, 11) is 0. The quantitative estimate of drug-likeness (QED) is 0.375. The van der Waals surface area contributed by atoms with Crippen LogP contribution >= 0.6 is 23.1 Å². The Balaban J connectivity index is 1.39. The van der Waals surface area contributed by atoms with Gasteiger partial charge in [0.05, 0.1) is 23.9 Å². The van der Waals surface area contributed by atoms with Crippen molar-refractivity contribution in [2.75, 3.05) is 5.73 Å². The highest BCUT2D eigenvalue weighted by Gasteiger charge is 2.21. The topological polar surface area (TPSA) is 139 Å². The first-order valence-electron chi connectivity index (χ1n) is 10.5. The van der Waals surface area contributed by atoms with Gasteiger partial charge in [0.2, 0.25) is 5.91 Å². The van der Waals surface area contributed by atoms with Crippen LogP contribution in [0.15, 0.2) is 28.0 Å². The third-order valence-electron chi connectivity index (χ3n) is 5.50. The number of rotatable bonds is 8. The smallest absolute Gasteiger partial charge is 0.217 e. The molecule has 0 atom stereocenters. The normalized spacial score (nSPS) is 13.5. The lowest BCUT2D eigenvalue weighted by Gasteiger charge is -2.11. The molecule has 4 aromatic rings. The number of carbonyl (C=O) groups is 1. The van der Waals surface area contributed by atoms with Gasteiger partial charge in [-0.25, -0.2) is 9.97 Å². The first-order chi connectivity index (χ1) is 15.6. The summed E-state index contributed by atoms with van der Waals surface area (Å²) in [5.74, 6) is 2.83. The van der Waals surface area contributed by atoms with Gasteiger partial charge in [-0.05, 0) is 43.4 Å². The molecule has 1 aliphatic carbocycles. The van der Waals surface area contributed by atoms with E-state index in [0.29, 0.717) is 41.3 Å². The van der Waals surface area contributed by atoms with Crippen LogP contribution in [-0.4, -0.2) is 30.6 Å². The van der Waals surface area contributed by atoms with Gasteiger partial charge >= 0.3 is 0 Å². The van der Waals surface area contributed by atoms with Crippen molar-refractivity contribution in [1.29, 1.82) is 0 Å². The molecule has 166 valence electrons. The molecule has 0 unspecified atom stereocenters. The summed E-state index contributed by atoms with van der Waals surface area (Å²) in [6.07, 6.45) is 6.82. The molecule has 4 heterocycles. The molecule has 4 aromatic heterocycles. The molecule has 4 N–H and O–H groups in total. The Kier molecular flexibility index (Phi) is 5.83. The first kappa shape index (κ1) is 21.0. The van der Waals surface area contributed by atoms with Gasteiger partial charge in [0.15, 0.2) is 5.16 Å². The van der Waals surface area contributed by atoms with Gasteiger partial charge in [-0.2, -0.15) is 0 Å². The monoisotopic (exact) mass is 469 g/mol. The number of aryl methyl sites for hydroxylation is 3. The summed E-state index contributed by atoms with van der Waals surface area (Å²) in [4.78, 5) is 23.0. The summed E-state index contributed by atoms with van der Waals surface area (Å²) >= 11 is 3.22. The van der Waals surface area contributed by atoms with E-state index in [4.69, 9.17) is 20.9 Å². The summed E-state index contributed by atoms with van der Waals surface area (Å²) < 4.78 is 7.43. The fourth-order valence-corrected chi connectivity index (χ4v) is 6.09. The summed E-state index contributed by atoms with van der Waals surface area (Å²) in [5, 5.41) is 10.3. The molecule has 11 heteroatoms. The van der Waals surface area contributed by atoms with Gasteiger partial charge in [0.1, 0.15) is 28.1 Å². The van der Waals surface area contributed by atoms with Crippen molar-refractivity contribution in [2.24, 2.45) is 5.73 Å². The van der Waals surface area contributed by atoms with E-state index < -0.39 is 0 Å². The molecule has 0 aromatic carbocycles. The lowest BCUT2D eigenvalue weighted by Crippen LogP contribution is -2.14. The third-order valence-corrected chi connectivity index (χ3v) is 7.65. The van der Waals surface area contributed by atoms with Crippen LogP contribution in [0.25, 0.3) is 10.2 Å². The standard InChI is InChI=1S/C21H23N7O2S2/c22-15(29)7-8-17-26-27-21(28(17)10-12-4-3-9-30-12)31-11-16-24-19(23)18-13-5-1-2-6-14(13)32-20(18)25-16/h3-4,9H,1-2,5-8,10-11H2,(H2,22,29)(H2,23,24,25). The number of hydrogen-bond acceptors (Lipinski definition) is 9. The lowest BCUT2D eigenvalue weighted by molar-refractivity contribution is -0.118. The van der Waals surface area contributed by atoms with Crippen molar-refractivity contribution >= 4 is 45.0 Å². The number of nitrogens with two attached hydrogens (primary N) is 2. The second-order valence-corrected chi connectivity index (χ2v) is 9.76. The minimum Gasteiger partial charge on any atom is -0.467 e. The zero-order valence-electron chi connectivity index (χ0n) is 17.4. The minimum atomic E-state index is -0.373. The second-order valence-electron chi connectivity index (χ2n) is 7.74. The Hall–Kier alpha value is -2.92. The highest BCUT2D eigenvalue weighted by molar-refractivity contribution is 7.98. The fourth-order valence-electron chi connectivity index (χ4n) is 3.99. The van der Waals surface area contributed by atoms with E-state index in [1.807, 2.05) is 16.7 Å². The molecule has 0 bridgehead atoms. The molecule has 1 amide bonds. The molecule has 0 saturated carbocycles. The minimum absolute atomic E-state index is 0.209. The molecule has 9 nitrogen and oxygen atoms in total. The van der Waals surface area contributed by atoms with E-state index in [0.717, 1.165) is 28.8 Å². The van der Waals surface area contributed by atoms with E-state index in [-0.39, 0.29) is 12.3 Å². The van der Waals surface area contributed by atoms with E-state index in [9.17, 15) is 4.79 Å². The van der Waals surface area contributed by atoms with E-state index in [1.165, 1.54) is 35.0 Å². The average Bonchev–Trinajstić information content (AvgIpc) is 3.50. The maximum atomic E-state index is 11.2. The van der Waals surface area contributed by atoms with Gasteiger partial charge in [0.25, 0.3) is 0 Å². The maximum absolute atomic E-state index is 11.2. The Morgan fingerprint density at radius 2 is 2.12 bits per heavy atom. The van der Waals surface area contributed by atoms with Crippen LogP contribution < -0.4 is 11.5 Å². The Labute approximate surface area is 192 Å². The average molecular weight is 470 g/mol. The Bertz CT molecular complexity index is 1260. The number of aromatic nitrogens is 5. The third kappa shape index (κ3) is 4.22. The number of nitrogen functional groups attached to an aromatic ring is 1. The van der Waals surface area contributed by atoms with Gasteiger partial charge < -0.3 is 15.9 Å². The Morgan fingerprint density at radius 1 is 1.25 bits per heavy atom. The lowest BCUT2D eigenvalue weighted by atomic mass is 9.97. The molecule has 1 aliphatic rings. The maximum Gasteiger partial charge on any atom is 0.217 e. The predicted octanol–water partition coefficient (Wildman–Crippen LogP) is 3.10. The first-order valence-corrected chi connectivity index (χ1v) is 12.3. The molecule has 0 saturated heterocycles. The van der Waals surface area contributed by atoms with Crippen molar-refractivity contribution in [3.05, 3.63) is 46.2 Å². The molecular weight excluding hydrogens is 446 g/mol. The number of hydrogen-bond donors (Lipinski definition) is 2. The second kappa shape index (κ2) is 8.91. The van der Waals surface area contributed by atoms with Crippen molar-refractivity contribution in [1.82, 2.24) is 24.7 Å². The molecule has 0 aliphatic heterocycles. The Morgan fingerprint density at radius 3 is 2.94 bits per heavy atom. The highest BCUT2D eigenvalue weighted by atomic mass is 32.2. The zero-order chi connectivity index (χ0) is 22.1. The number of thioether (sulfide) groups is 1. The van der Waals surface area contributed by atoms with E-state index >= 15 is 0 Å². The summed E-state index contributed by atoms with van der Waals surface area (Å²) in [6.45, 7) is 0.468. The summed E-state index contributed by atoms with van der Waals surface area (Å²) in [5.41, 5.74) is 13.0. The molecule has 32 heavy (non-hydrogen) atoms. The number of carbonyl (C=O) groups excluding carboxylic acids is 1. The molecular formula is C21H23N7O2S2. The van der Waals surface area contributed by atoms with Crippen LogP contribution in [0, 0.1) is 0 Å². The van der Waals surface area contributed by atoms with Crippen molar-refractivity contribution < 1.29 is 9.21 Å². The number of primary amides is 1. The number of nitrogens with zero attached hydrogens (tertiary/aromatic N) is 5. The fraction of sp³-hybridized carbons (Fsp3) is 0.381. The van der Waals surface area contributed by atoms with E-state index in [1.54, 1.807) is 17.6 Å². The van der Waals surface area contributed by atoms with Crippen molar-refractivity contribution in [2.45, 2.75) is 56.0 Å². The van der Waals surface area contributed by atoms with Crippen LogP contribution in [-0.2, 0) is 36.4 Å². The SMILES string of the molecule is NC(=O)CCc1nnc(SCc2nc(N)c3c4c(sc3n2)CCCC4)n1Cc1ccco1. The number of anilines is 1. The van der Waals surface area contributed by atoms with Crippen molar-refractivity contribution in [3.8, 4) is 0 Å². The largest absolute Gasteiger partial charge is 0.467 e. The van der Waals surface area contributed by atoms with Gasteiger partial charge in [-0.1, -0.05) is 11.8 Å². The highest BCUT2D eigenvalue weighted by Crippen LogP contribution is 2.38. The zero-order valence-corrected chi connectivity index (χ0v) is 19.0. The van der Waals surface area contributed by atoms with Crippen LogP contribution in [0.4, 0.5) is 5.82 Å². The summed E-state index contributed by atoms with van der Waals surface area (Å²) in [6, 6.07) is 3.73. The van der Waals surface area contributed by atoms with Crippen LogP contribution in [0.2, 0.25) is 0 Å². The van der Waals surface area contributed by atoms with Crippen LogP contribution in [0.1, 0.15) is 47.1 Å². The number of fused-ring (bicyclic) bond motifs is 3.